The van der Waals surface area contributed by atoms with Gasteiger partial charge in [-0.3, -0.25) is 0 Å². The van der Waals surface area contributed by atoms with Crippen molar-refractivity contribution in [3.05, 3.63) is 28.8 Å². The van der Waals surface area contributed by atoms with Gasteiger partial charge in [0.1, 0.15) is 0 Å². The molecule has 20 heavy (non-hydrogen) atoms. The van der Waals surface area contributed by atoms with Crippen molar-refractivity contribution in [2.75, 3.05) is 31.7 Å². The van der Waals surface area contributed by atoms with E-state index in [0.29, 0.717) is 12.0 Å². The molecule has 1 unspecified atom stereocenters. The van der Waals surface area contributed by atoms with Crippen LogP contribution in [0.4, 0.5) is 5.69 Å². The summed E-state index contributed by atoms with van der Waals surface area (Å²) in [5.74, 6) is 0.642. The van der Waals surface area contributed by atoms with Crippen LogP contribution in [0.2, 0.25) is 5.02 Å². The Hall–Kier alpha value is -0.770. The number of benzene rings is 1. The summed E-state index contributed by atoms with van der Waals surface area (Å²) in [6.45, 7) is 3.91. The summed E-state index contributed by atoms with van der Waals surface area (Å²) in [6, 6.07) is 6.96. The van der Waals surface area contributed by atoms with E-state index in [4.69, 9.17) is 16.3 Å². The van der Waals surface area contributed by atoms with E-state index in [9.17, 15) is 0 Å². The van der Waals surface area contributed by atoms with Gasteiger partial charge in [-0.05, 0) is 31.4 Å². The molecule has 4 heteroatoms. The molecule has 110 valence electrons. The second-order valence-electron chi connectivity index (χ2n) is 5.95. The highest BCUT2D eigenvalue weighted by molar-refractivity contribution is 6.31. The molecule has 1 N–H and O–H groups in total. The van der Waals surface area contributed by atoms with Crippen LogP contribution in [0, 0.1) is 5.92 Å². The monoisotopic (exact) mass is 294 g/mol. The van der Waals surface area contributed by atoms with E-state index in [0.717, 1.165) is 31.3 Å². The molecule has 0 amide bonds. The number of halogens is 1. The van der Waals surface area contributed by atoms with Crippen molar-refractivity contribution >= 4 is 17.3 Å². The van der Waals surface area contributed by atoms with Gasteiger partial charge in [-0.2, -0.15) is 0 Å². The Labute approximate surface area is 126 Å². The average Bonchev–Trinajstić information content (AvgIpc) is 3.16. The van der Waals surface area contributed by atoms with Crippen LogP contribution in [0.3, 0.4) is 0 Å². The number of hydrogen-bond donors (Lipinski definition) is 1. The predicted octanol–water partition coefficient (Wildman–Crippen LogP) is 3.06. The highest BCUT2D eigenvalue weighted by Gasteiger charge is 2.26. The van der Waals surface area contributed by atoms with Crippen LogP contribution in [0.5, 0.6) is 0 Å². The Bertz CT molecular complexity index is 462. The van der Waals surface area contributed by atoms with Crippen LogP contribution >= 0.6 is 11.6 Å². The normalized spacial score (nSPS) is 22.5. The van der Waals surface area contributed by atoms with Crippen molar-refractivity contribution in [1.82, 2.24) is 5.32 Å². The van der Waals surface area contributed by atoms with Gasteiger partial charge in [0, 0.05) is 55.0 Å². The number of rotatable bonds is 6. The van der Waals surface area contributed by atoms with E-state index < -0.39 is 0 Å². The lowest BCUT2D eigenvalue weighted by molar-refractivity contribution is 0.161. The third-order valence-corrected chi connectivity index (χ3v) is 4.62. The Morgan fingerprint density at radius 2 is 2.20 bits per heavy atom. The predicted molar refractivity (Wildman–Crippen MR) is 83.5 cm³/mol. The van der Waals surface area contributed by atoms with Gasteiger partial charge in [0.2, 0.25) is 0 Å². The number of methoxy groups -OCH3 is 1. The molecule has 0 bridgehead atoms. The molecule has 2 fully saturated rings. The molecule has 1 heterocycles. The van der Waals surface area contributed by atoms with E-state index in [1.807, 2.05) is 6.07 Å². The van der Waals surface area contributed by atoms with Crippen LogP contribution in [-0.4, -0.2) is 32.8 Å². The molecule has 1 saturated heterocycles. The lowest BCUT2D eigenvalue weighted by Gasteiger charge is -2.23. The Balaban J connectivity index is 1.72. The van der Waals surface area contributed by atoms with Crippen LogP contribution in [0.1, 0.15) is 24.8 Å². The summed E-state index contributed by atoms with van der Waals surface area (Å²) in [6.07, 6.45) is 3.81. The standard InChI is InChI=1S/C16H23ClN2O/c1-20-11-12-7-8-19(10-12)16-4-2-3-15(17)14(16)9-18-13-5-6-13/h2-4,12-13,18H,5-11H2,1H3. The van der Waals surface area contributed by atoms with Gasteiger partial charge in [-0.15, -0.1) is 0 Å². The minimum atomic E-state index is 0.642. The van der Waals surface area contributed by atoms with Crippen LogP contribution in [0.15, 0.2) is 18.2 Å². The van der Waals surface area contributed by atoms with Crippen molar-refractivity contribution in [2.45, 2.75) is 31.8 Å². The second-order valence-corrected chi connectivity index (χ2v) is 6.36. The molecule has 1 aromatic rings. The van der Waals surface area contributed by atoms with Crippen LogP contribution in [-0.2, 0) is 11.3 Å². The van der Waals surface area contributed by atoms with E-state index in [-0.39, 0.29) is 0 Å². The van der Waals surface area contributed by atoms with E-state index in [1.54, 1.807) is 7.11 Å². The maximum absolute atomic E-state index is 6.42. The number of nitrogens with zero attached hydrogens (tertiary/aromatic N) is 1. The quantitative estimate of drug-likeness (QED) is 0.873. The first kappa shape index (κ1) is 14.2. The smallest absolute Gasteiger partial charge is 0.0508 e. The summed E-state index contributed by atoms with van der Waals surface area (Å²) in [7, 11) is 1.78. The summed E-state index contributed by atoms with van der Waals surface area (Å²) in [4.78, 5) is 2.46. The fourth-order valence-electron chi connectivity index (χ4n) is 2.98. The minimum Gasteiger partial charge on any atom is -0.384 e. The van der Waals surface area contributed by atoms with Crippen molar-refractivity contribution < 1.29 is 4.74 Å². The number of ether oxygens (including phenoxy) is 1. The zero-order valence-electron chi connectivity index (χ0n) is 12.1. The minimum absolute atomic E-state index is 0.642. The molecule has 0 spiro atoms. The number of hydrogen-bond acceptors (Lipinski definition) is 3. The van der Waals surface area contributed by atoms with E-state index >= 15 is 0 Å². The molecule has 1 aliphatic heterocycles. The molecule has 1 aromatic carbocycles. The highest BCUT2D eigenvalue weighted by atomic mass is 35.5. The topological polar surface area (TPSA) is 24.5 Å². The van der Waals surface area contributed by atoms with Gasteiger partial charge in [0.15, 0.2) is 0 Å². The summed E-state index contributed by atoms with van der Waals surface area (Å²) < 4.78 is 5.29. The molecule has 1 aliphatic carbocycles. The molecular formula is C16H23ClN2O. The largest absolute Gasteiger partial charge is 0.384 e. The number of anilines is 1. The van der Waals surface area contributed by atoms with Gasteiger partial charge >= 0.3 is 0 Å². The maximum atomic E-state index is 6.42. The first-order valence-electron chi connectivity index (χ1n) is 7.52. The van der Waals surface area contributed by atoms with Gasteiger partial charge in [-0.25, -0.2) is 0 Å². The first-order valence-corrected chi connectivity index (χ1v) is 7.90. The van der Waals surface area contributed by atoms with Crippen molar-refractivity contribution in [3.63, 3.8) is 0 Å². The molecular weight excluding hydrogens is 272 g/mol. The fourth-order valence-corrected chi connectivity index (χ4v) is 3.21. The lowest BCUT2D eigenvalue weighted by atomic mass is 10.1. The van der Waals surface area contributed by atoms with Crippen molar-refractivity contribution in [1.29, 1.82) is 0 Å². The lowest BCUT2D eigenvalue weighted by Crippen LogP contribution is -2.24. The van der Waals surface area contributed by atoms with E-state index in [2.05, 4.69) is 22.3 Å². The van der Waals surface area contributed by atoms with Gasteiger partial charge < -0.3 is 15.0 Å². The van der Waals surface area contributed by atoms with Gasteiger partial charge in [-0.1, -0.05) is 17.7 Å². The zero-order valence-corrected chi connectivity index (χ0v) is 12.8. The molecule has 1 saturated carbocycles. The van der Waals surface area contributed by atoms with Crippen molar-refractivity contribution in [2.24, 2.45) is 5.92 Å². The van der Waals surface area contributed by atoms with Crippen molar-refractivity contribution in [3.8, 4) is 0 Å². The van der Waals surface area contributed by atoms with E-state index in [1.165, 1.54) is 30.5 Å². The Kier molecular flexibility index (Phi) is 4.49. The van der Waals surface area contributed by atoms with Gasteiger partial charge in [0.05, 0.1) is 6.61 Å². The summed E-state index contributed by atoms with van der Waals surface area (Å²) >= 11 is 6.42. The van der Waals surface area contributed by atoms with Gasteiger partial charge in [0.25, 0.3) is 0 Å². The Morgan fingerprint density at radius 3 is 2.95 bits per heavy atom. The number of nitrogens with one attached hydrogen (secondary N) is 1. The molecule has 3 rings (SSSR count). The third kappa shape index (κ3) is 3.27. The molecule has 1 atom stereocenters. The second kappa shape index (κ2) is 6.33. The average molecular weight is 295 g/mol. The summed E-state index contributed by atoms with van der Waals surface area (Å²) in [5, 5.41) is 4.46. The Morgan fingerprint density at radius 1 is 1.35 bits per heavy atom. The molecule has 3 nitrogen and oxygen atoms in total. The van der Waals surface area contributed by atoms with Crippen LogP contribution < -0.4 is 10.2 Å². The molecule has 0 radical (unpaired) electrons. The first-order chi connectivity index (χ1) is 9.78. The highest BCUT2D eigenvalue weighted by Crippen LogP contribution is 2.32. The SMILES string of the molecule is COCC1CCN(c2cccc(Cl)c2CNC2CC2)C1. The zero-order chi connectivity index (χ0) is 13.9. The fraction of sp³-hybridized carbons (Fsp3) is 0.625. The van der Waals surface area contributed by atoms with Crippen LogP contribution in [0.25, 0.3) is 0 Å². The molecule has 2 aliphatic rings. The molecule has 0 aromatic heterocycles. The third-order valence-electron chi connectivity index (χ3n) is 4.27. The maximum Gasteiger partial charge on any atom is 0.0508 e. The summed E-state index contributed by atoms with van der Waals surface area (Å²) in [5.41, 5.74) is 2.54.